The number of rotatable bonds is 5. The number of anilines is 4. The molecule has 2 fully saturated rings. The third kappa shape index (κ3) is 3.85. The molecule has 1 saturated heterocycles. The van der Waals surface area contributed by atoms with Gasteiger partial charge < -0.3 is 15.5 Å². The van der Waals surface area contributed by atoms with Crippen molar-refractivity contribution in [2.75, 3.05) is 28.6 Å². The van der Waals surface area contributed by atoms with E-state index in [2.05, 4.69) is 26.6 Å². The van der Waals surface area contributed by atoms with Crippen molar-refractivity contribution in [3.63, 3.8) is 0 Å². The lowest BCUT2D eigenvalue weighted by atomic mass is 9.63. The number of amides is 1. The zero-order valence-electron chi connectivity index (χ0n) is 18.7. The summed E-state index contributed by atoms with van der Waals surface area (Å²) < 4.78 is 13.8. The minimum Gasteiger partial charge on any atom is -0.370 e. The first-order chi connectivity index (χ1) is 16.6. The Morgan fingerprint density at radius 1 is 0.941 bits per heavy atom. The maximum Gasteiger partial charge on any atom is 0.255 e. The van der Waals surface area contributed by atoms with Gasteiger partial charge in [0.05, 0.1) is 5.52 Å². The molecule has 0 atom stereocenters. The van der Waals surface area contributed by atoms with Crippen molar-refractivity contribution in [2.24, 2.45) is 5.41 Å². The van der Waals surface area contributed by atoms with E-state index in [4.69, 9.17) is 0 Å². The summed E-state index contributed by atoms with van der Waals surface area (Å²) in [6.07, 6.45) is 5.71. The molecule has 2 heterocycles. The van der Waals surface area contributed by atoms with Gasteiger partial charge in [0.25, 0.3) is 5.91 Å². The summed E-state index contributed by atoms with van der Waals surface area (Å²) in [6.45, 7) is 2.23. The lowest BCUT2D eigenvalue weighted by molar-refractivity contribution is 0.0904. The predicted octanol–water partition coefficient (Wildman–Crippen LogP) is 6.36. The Kier molecular flexibility index (Phi) is 4.94. The van der Waals surface area contributed by atoms with Crippen LogP contribution >= 0.6 is 0 Å². The summed E-state index contributed by atoms with van der Waals surface area (Å²) in [7, 11) is 0. The number of pyridine rings is 1. The van der Waals surface area contributed by atoms with Crippen molar-refractivity contribution in [3.8, 4) is 0 Å². The SMILES string of the molecule is O=C(Nc1cccc(N2CC3(CCC3)C2)c1)c1cccc(Nc2ccnc3ccc(F)cc23)c1. The Bertz CT molecular complexity index is 1390. The molecule has 0 bridgehead atoms. The second-order valence-electron chi connectivity index (χ2n) is 9.44. The van der Waals surface area contributed by atoms with E-state index in [9.17, 15) is 9.18 Å². The molecular weight excluding hydrogens is 427 g/mol. The van der Waals surface area contributed by atoms with E-state index >= 15 is 0 Å². The molecule has 3 aromatic carbocycles. The molecule has 0 unspecified atom stereocenters. The van der Waals surface area contributed by atoms with Gasteiger partial charge >= 0.3 is 0 Å². The van der Waals surface area contributed by atoms with Gasteiger partial charge in [0.15, 0.2) is 0 Å². The van der Waals surface area contributed by atoms with Crippen LogP contribution in [0.4, 0.5) is 27.1 Å². The molecule has 5 nitrogen and oxygen atoms in total. The molecule has 1 aliphatic carbocycles. The molecule has 2 N–H and O–H groups in total. The largest absolute Gasteiger partial charge is 0.370 e. The quantitative estimate of drug-likeness (QED) is 0.370. The molecule has 34 heavy (non-hydrogen) atoms. The molecule has 1 aromatic heterocycles. The van der Waals surface area contributed by atoms with Gasteiger partial charge in [-0.25, -0.2) is 4.39 Å². The monoisotopic (exact) mass is 452 g/mol. The molecule has 6 rings (SSSR count). The molecular formula is C28H25FN4O. The summed E-state index contributed by atoms with van der Waals surface area (Å²) >= 11 is 0. The minimum atomic E-state index is -0.319. The molecule has 170 valence electrons. The molecule has 1 spiro atoms. The fourth-order valence-electron chi connectivity index (χ4n) is 5.04. The van der Waals surface area contributed by atoms with Crippen molar-refractivity contribution >= 4 is 39.6 Å². The lowest BCUT2D eigenvalue weighted by Gasteiger charge is -2.57. The number of nitrogens with zero attached hydrogens (tertiary/aromatic N) is 2. The predicted molar refractivity (Wildman–Crippen MR) is 134 cm³/mol. The Morgan fingerprint density at radius 2 is 1.76 bits per heavy atom. The summed E-state index contributed by atoms with van der Waals surface area (Å²) in [5, 5.41) is 7.01. The highest BCUT2D eigenvalue weighted by Gasteiger charge is 2.47. The van der Waals surface area contributed by atoms with Crippen LogP contribution in [0.3, 0.4) is 0 Å². The van der Waals surface area contributed by atoms with E-state index in [1.54, 1.807) is 30.5 Å². The van der Waals surface area contributed by atoms with Gasteiger partial charge in [-0.3, -0.25) is 9.78 Å². The van der Waals surface area contributed by atoms with Gasteiger partial charge in [0.1, 0.15) is 5.82 Å². The molecule has 1 amide bonds. The Balaban J connectivity index is 1.17. The number of benzene rings is 3. The van der Waals surface area contributed by atoms with Crippen LogP contribution in [0.1, 0.15) is 29.6 Å². The second kappa shape index (κ2) is 8.13. The Hall–Kier alpha value is -3.93. The number of carbonyl (C=O) groups excluding carboxylic acids is 1. The first-order valence-electron chi connectivity index (χ1n) is 11.6. The van der Waals surface area contributed by atoms with Gasteiger partial charge in [-0.2, -0.15) is 0 Å². The van der Waals surface area contributed by atoms with Crippen LogP contribution in [-0.2, 0) is 0 Å². The summed E-state index contributed by atoms with van der Waals surface area (Å²) in [5.74, 6) is -0.495. The number of aromatic nitrogens is 1. The van der Waals surface area contributed by atoms with Gasteiger partial charge in [0, 0.05) is 58.4 Å². The number of nitrogens with one attached hydrogen (secondary N) is 2. The van der Waals surface area contributed by atoms with Crippen molar-refractivity contribution in [3.05, 3.63) is 90.4 Å². The first-order valence-corrected chi connectivity index (χ1v) is 11.6. The van der Waals surface area contributed by atoms with Gasteiger partial charge in [0.2, 0.25) is 0 Å². The van der Waals surface area contributed by atoms with Gasteiger partial charge in [-0.1, -0.05) is 18.6 Å². The Labute approximate surface area is 197 Å². The van der Waals surface area contributed by atoms with Crippen LogP contribution in [0.25, 0.3) is 10.9 Å². The van der Waals surface area contributed by atoms with Crippen molar-refractivity contribution in [1.29, 1.82) is 0 Å². The second-order valence-corrected chi connectivity index (χ2v) is 9.44. The maximum atomic E-state index is 13.8. The average molecular weight is 453 g/mol. The molecule has 0 radical (unpaired) electrons. The van der Waals surface area contributed by atoms with Crippen molar-refractivity contribution in [2.45, 2.75) is 19.3 Å². The summed E-state index contributed by atoms with van der Waals surface area (Å²) in [5.41, 5.74) is 5.20. The van der Waals surface area contributed by atoms with E-state index in [1.165, 1.54) is 31.4 Å². The molecule has 4 aromatic rings. The van der Waals surface area contributed by atoms with Crippen molar-refractivity contribution in [1.82, 2.24) is 4.98 Å². The van der Waals surface area contributed by atoms with Gasteiger partial charge in [-0.05, 0) is 73.5 Å². The minimum absolute atomic E-state index is 0.175. The highest BCUT2D eigenvalue weighted by atomic mass is 19.1. The highest BCUT2D eigenvalue weighted by molar-refractivity contribution is 6.05. The first kappa shape index (κ1) is 20.7. The van der Waals surface area contributed by atoms with E-state index in [1.807, 2.05) is 30.3 Å². The number of fused-ring (bicyclic) bond motifs is 1. The topological polar surface area (TPSA) is 57.3 Å². The van der Waals surface area contributed by atoms with Crippen LogP contribution < -0.4 is 15.5 Å². The average Bonchev–Trinajstić information content (AvgIpc) is 2.78. The zero-order chi connectivity index (χ0) is 23.1. The number of hydrogen-bond donors (Lipinski definition) is 2. The molecule has 1 saturated carbocycles. The van der Waals surface area contributed by atoms with Crippen LogP contribution in [0.2, 0.25) is 0 Å². The van der Waals surface area contributed by atoms with E-state index in [0.29, 0.717) is 21.9 Å². The zero-order valence-corrected chi connectivity index (χ0v) is 18.7. The highest BCUT2D eigenvalue weighted by Crippen LogP contribution is 2.49. The third-order valence-corrected chi connectivity index (χ3v) is 7.04. The van der Waals surface area contributed by atoms with Gasteiger partial charge in [-0.15, -0.1) is 0 Å². The van der Waals surface area contributed by atoms with Crippen molar-refractivity contribution < 1.29 is 9.18 Å². The number of carbonyl (C=O) groups is 1. The summed E-state index contributed by atoms with van der Waals surface area (Å²) in [4.78, 5) is 19.7. The van der Waals surface area contributed by atoms with Crippen LogP contribution in [0, 0.1) is 11.2 Å². The van der Waals surface area contributed by atoms with Crippen LogP contribution in [-0.4, -0.2) is 24.0 Å². The molecule has 2 aliphatic rings. The normalized spacial score (nSPS) is 16.1. The van der Waals surface area contributed by atoms with E-state index < -0.39 is 0 Å². The lowest BCUT2D eigenvalue weighted by Crippen LogP contribution is -2.59. The standard InChI is InChI=1S/C28H25FN4O/c29-20-8-9-25-24(15-20)26(10-13-30-25)31-21-5-1-4-19(14-21)27(34)32-22-6-2-7-23(16-22)33-17-28(18-33)11-3-12-28/h1-2,4-10,13-16H,3,11-12,17-18H2,(H,30,31)(H,32,34). The smallest absolute Gasteiger partial charge is 0.255 e. The molecule has 1 aliphatic heterocycles. The number of halogens is 1. The van der Waals surface area contributed by atoms with E-state index in [-0.39, 0.29) is 11.7 Å². The third-order valence-electron chi connectivity index (χ3n) is 7.04. The Morgan fingerprint density at radius 3 is 2.59 bits per heavy atom. The molecule has 6 heteroatoms. The van der Waals surface area contributed by atoms with Crippen LogP contribution in [0.15, 0.2) is 79.0 Å². The number of hydrogen-bond acceptors (Lipinski definition) is 4. The summed E-state index contributed by atoms with van der Waals surface area (Å²) in [6, 6.07) is 21.6. The van der Waals surface area contributed by atoms with E-state index in [0.717, 1.165) is 35.8 Å². The van der Waals surface area contributed by atoms with Crippen LogP contribution in [0.5, 0.6) is 0 Å². The maximum absolute atomic E-state index is 13.8. The fourth-order valence-corrected chi connectivity index (χ4v) is 5.04. The fraction of sp³-hybridized carbons (Fsp3) is 0.214.